The predicted molar refractivity (Wildman–Crippen MR) is 74.6 cm³/mol. The van der Waals surface area contributed by atoms with E-state index in [1.54, 1.807) is 7.11 Å². The van der Waals surface area contributed by atoms with E-state index >= 15 is 0 Å². The van der Waals surface area contributed by atoms with Gasteiger partial charge >= 0.3 is 0 Å². The van der Waals surface area contributed by atoms with Crippen molar-refractivity contribution >= 4 is 15.9 Å². The molecule has 3 heteroatoms. The van der Waals surface area contributed by atoms with Gasteiger partial charge in [-0.05, 0) is 55.5 Å². The Morgan fingerprint density at radius 2 is 2.18 bits per heavy atom. The second kappa shape index (κ2) is 5.40. The molecule has 1 aliphatic rings. The summed E-state index contributed by atoms with van der Waals surface area (Å²) in [5, 5.41) is 3.33. The van der Waals surface area contributed by atoms with Gasteiger partial charge in [-0.3, -0.25) is 0 Å². The summed E-state index contributed by atoms with van der Waals surface area (Å²) in [5.41, 5.74) is 1.76. The average Bonchev–Trinajstić information content (AvgIpc) is 2.26. The lowest BCUT2D eigenvalue weighted by molar-refractivity contribution is 0.132. The van der Waals surface area contributed by atoms with E-state index in [0.717, 1.165) is 23.2 Å². The van der Waals surface area contributed by atoms with Gasteiger partial charge in [0.15, 0.2) is 0 Å². The third-order valence-corrected chi connectivity index (χ3v) is 4.27. The largest absolute Gasteiger partial charge is 0.496 e. The van der Waals surface area contributed by atoms with Crippen molar-refractivity contribution in [3.8, 4) is 5.75 Å². The van der Waals surface area contributed by atoms with Gasteiger partial charge in [0.2, 0.25) is 0 Å². The Morgan fingerprint density at radius 1 is 1.41 bits per heavy atom. The molecule has 1 aromatic rings. The lowest BCUT2D eigenvalue weighted by Gasteiger charge is -2.42. The van der Waals surface area contributed by atoms with Crippen molar-refractivity contribution in [1.29, 1.82) is 0 Å². The highest BCUT2D eigenvalue weighted by atomic mass is 79.9. The number of ether oxygens (including phenoxy) is 1. The van der Waals surface area contributed by atoms with E-state index in [-0.39, 0.29) is 0 Å². The van der Waals surface area contributed by atoms with Crippen LogP contribution in [-0.4, -0.2) is 20.7 Å². The molecule has 1 N–H and O–H groups in total. The average molecular weight is 298 g/mol. The summed E-state index contributed by atoms with van der Waals surface area (Å²) < 4.78 is 6.58. The Hall–Kier alpha value is -0.540. The summed E-state index contributed by atoms with van der Waals surface area (Å²) in [6.45, 7) is 1.10. The van der Waals surface area contributed by atoms with Crippen LogP contribution in [0.2, 0.25) is 0 Å². The molecule has 0 bridgehead atoms. The van der Waals surface area contributed by atoms with Gasteiger partial charge in [-0.1, -0.05) is 22.4 Å². The second-order valence-corrected chi connectivity index (χ2v) is 5.93. The predicted octanol–water partition coefficient (Wildman–Crippen LogP) is 3.39. The molecule has 1 aromatic carbocycles. The molecule has 0 atom stereocenters. The van der Waals surface area contributed by atoms with Crippen molar-refractivity contribution in [3.05, 3.63) is 28.2 Å². The van der Waals surface area contributed by atoms with E-state index in [0.29, 0.717) is 5.41 Å². The maximum Gasteiger partial charge on any atom is 0.122 e. The molecular formula is C14H20BrNO. The summed E-state index contributed by atoms with van der Waals surface area (Å²) in [7, 11) is 3.79. The highest BCUT2D eigenvalue weighted by molar-refractivity contribution is 9.10. The Labute approximate surface area is 112 Å². The summed E-state index contributed by atoms with van der Waals surface area (Å²) in [6, 6.07) is 6.27. The van der Waals surface area contributed by atoms with E-state index in [4.69, 9.17) is 4.74 Å². The molecule has 17 heavy (non-hydrogen) atoms. The van der Waals surface area contributed by atoms with Crippen molar-refractivity contribution in [2.24, 2.45) is 5.41 Å². The smallest absolute Gasteiger partial charge is 0.122 e. The SMILES string of the molecule is CNCC1(Cc2cc(Br)ccc2OC)CCC1. The topological polar surface area (TPSA) is 21.3 Å². The van der Waals surface area contributed by atoms with E-state index < -0.39 is 0 Å². The normalized spacial score (nSPS) is 17.6. The highest BCUT2D eigenvalue weighted by Gasteiger charge is 2.36. The van der Waals surface area contributed by atoms with Crippen LogP contribution in [0.5, 0.6) is 5.75 Å². The quantitative estimate of drug-likeness (QED) is 0.899. The Bertz CT molecular complexity index is 388. The molecule has 1 aliphatic carbocycles. The zero-order valence-electron chi connectivity index (χ0n) is 10.6. The van der Waals surface area contributed by atoms with E-state index in [1.165, 1.54) is 24.8 Å². The van der Waals surface area contributed by atoms with Crippen molar-refractivity contribution < 1.29 is 4.74 Å². The van der Waals surface area contributed by atoms with Gasteiger partial charge in [0.25, 0.3) is 0 Å². The van der Waals surface area contributed by atoms with E-state index in [9.17, 15) is 0 Å². The zero-order chi connectivity index (χ0) is 12.3. The van der Waals surface area contributed by atoms with Crippen molar-refractivity contribution in [2.75, 3.05) is 20.7 Å². The molecule has 0 aliphatic heterocycles. The molecule has 0 heterocycles. The van der Waals surface area contributed by atoms with E-state index in [2.05, 4.69) is 27.3 Å². The summed E-state index contributed by atoms with van der Waals surface area (Å²) >= 11 is 3.54. The fourth-order valence-electron chi connectivity index (χ4n) is 2.76. The van der Waals surface area contributed by atoms with Crippen molar-refractivity contribution in [2.45, 2.75) is 25.7 Å². The van der Waals surface area contributed by atoms with Crippen LogP contribution in [0.25, 0.3) is 0 Å². The minimum atomic E-state index is 0.447. The number of rotatable bonds is 5. The standard InChI is InChI=1S/C14H20BrNO/c1-16-10-14(6-3-7-14)9-11-8-12(15)4-5-13(11)17-2/h4-5,8,16H,3,6-7,9-10H2,1-2H3. The van der Waals surface area contributed by atoms with Crippen LogP contribution in [0.15, 0.2) is 22.7 Å². The van der Waals surface area contributed by atoms with Crippen LogP contribution < -0.4 is 10.1 Å². The molecule has 1 fully saturated rings. The van der Waals surface area contributed by atoms with Crippen LogP contribution >= 0.6 is 15.9 Å². The number of hydrogen-bond acceptors (Lipinski definition) is 2. The Kier molecular flexibility index (Phi) is 4.10. The Morgan fingerprint density at radius 3 is 2.71 bits per heavy atom. The molecule has 0 radical (unpaired) electrons. The number of methoxy groups -OCH3 is 1. The summed E-state index contributed by atoms with van der Waals surface area (Å²) in [5.74, 6) is 1.01. The molecule has 2 nitrogen and oxygen atoms in total. The van der Waals surface area contributed by atoms with Crippen molar-refractivity contribution in [3.63, 3.8) is 0 Å². The monoisotopic (exact) mass is 297 g/mol. The van der Waals surface area contributed by atoms with Crippen LogP contribution in [0.3, 0.4) is 0 Å². The minimum absolute atomic E-state index is 0.447. The lowest BCUT2D eigenvalue weighted by Crippen LogP contribution is -2.40. The molecule has 1 saturated carbocycles. The molecule has 94 valence electrons. The van der Waals surface area contributed by atoms with Crippen LogP contribution in [0.4, 0.5) is 0 Å². The molecule has 2 rings (SSSR count). The third kappa shape index (κ3) is 2.83. The first-order valence-corrected chi connectivity index (χ1v) is 6.95. The first kappa shape index (κ1) is 12.9. The first-order chi connectivity index (χ1) is 8.19. The van der Waals surface area contributed by atoms with Gasteiger partial charge < -0.3 is 10.1 Å². The summed E-state index contributed by atoms with van der Waals surface area (Å²) in [6.07, 6.45) is 5.11. The maximum atomic E-state index is 5.45. The van der Waals surface area contributed by atoms with Crippen LogP contribution in [0.1, 0.15) is 24.8 Å². The maximum absolute atomic E-state index is 5.45. The van der Waals surface area contributed by atoms with Gasteiger partial charge in [-0.15, -0.1) is 0 Å². The fourth-order valence-corrected chi connectivity index (χ4v) is 3.17. The number of halogens is 1. The number of hydrogen-bond donors (Lipinski definition) is 1. The fraction of sp³-hybridized carbons (Fsp3) is 0.571. The van der Waals surface area contributed by atoms with Crippen LogP contribution in [0, 0.1) is 5.41 Å². The zero-order valence-corrected chi connectivity index (χ0v) is 12.1. The number of nitrogens with one attached hydrogen (secondary N) is 1. The minimum Gasteiger partial charge on any atom is -0.496 e. The molecule has 0 spiro atoms. The van der Waals surface area contributed by atoms with Gasteiger partial charge in [0.1, 0.15) is 5.75 Å². The number of benzene rings is 1. The van der Waals surface area contributed by atoms with Gasteiger partial charge in [-0.25, -0.2) is 0 Å². The van der Waals surface area contributed by atoms with Crippen LogP contribution in [-0.2, 0) is 6.42 Å². The highest BCUT2D eigenvalue weighted by Crippen LogP contribution is 2.44. The molecule has 0 aromatic heterocycles. The molecule has 0 unspecified atom stereocenters. The third-order valence-electron chi connectivity index (χ3n) is 3.77. The first-order valence-electron chi connectivity index (χ1n) is 6.16. The second-order valence-electron chi connectivity index (χ2n) is 5.02. The van der Waals surface area contributed by atoms with Gasteiger partial charge in [0.05, 0.1) is 7.11 Å². The van der Waals surface area contributed by atoms with Gasteiger partial charge in [-0.2, -0.15) is 0 Å². The molecule has 0 saturated heterocycles. The van der Waals surface area contributed by atoms with Crippen molar-refractivity contribution in [1.82, 2.24) is 5.32 Å². The lowest BCUT2D eigenvalue weighted by atomic mass is 9.65. The Balaban J connectivity index is 2.19. The van der Waals surface area contributed by atoms with Gasteiger partial charge in [0, 0.05) is 11.0 Å². The molecular weight excluding hydrogens is 278 g/mol. The van der Waals surface area contributed by atoms with E-state index in [1.807, 2.05) is 19.2 Å². The summed E-state index contributed by atoms with van der Waals surface area (Å²) in [4.78, 5) is 0. The molecule has 0 amide bonds.